The Labute approximate surface area is 141 Å². The highest BCUT2D eigenvalue weighted by molar-refractivity contribution is 6.06. The number of carbonyl (C=O) groups is 3. The van der Waals surface area contributed by atoms with Gasteiger partial charge < -0.3 is 4.90 Å². The van der Waals surface area contributed by atoms with Crippen molar-refractivity contribution in [3.8, 4) is 0 Å². The fourth-order valence-electron chi connectivity index (χ4n) is 4.03. The van der Waals surface area contributed by atoms with Crippen LogP contribution in [0.1, 0.15) is 67.9 Å². The van der Waals surface area contributed by atoms with Gasteiger partial charge in [-0.2, -0.15) is 0 Å². The van der Waals surface area contributed by atoms with Gasteiger partial charge in [0.25, 0.3) is 5.91 Å². The first kappa shape index (κ1) is 15.4. The van der Waals surface area contributed by atoms with Crippen LogP contribution in [0.4, 0.5) is 0 Å². The Hall–Kier alpha value is -2.17. The van der Waals surface area contributed by atoms with E-state index in [1.165, 1.54) is 5.56 Å². The van der Waals surface area contributed by atoms with Crippen LogP contribution < -0.4 is 5.32 Å². The lowest BCUT2D eigenvalue weighted by molar-refractivity contribution is -0.137. The Morgan fingerprint density at radius 3 is 2.46 bits per heavy atom. The first-order chi connectivity index (χ1) is 11.2. The molecular weight excluding hydrogens is 304 g/mol. The highest BCUT2D eigenvalue weighted by atomic mass is 16.2. The van der Waals surface area contributed by atoms with Gasteiger partial charge in [-0.1, -0.05) is 32.9 Å². The molecule has 3 amide bonds. The van der Waals surface area contributed by atoms with Gasteiger partial charge in [0.2, 0.25) is 11.8 Å². The summed E-state index contributed by atoms with van der Waals surface area (Å²) in [5, 5.41) is 2.38. The molecule has 5 nitrogen and oxygen atoms in total. The van der Waals surface area contributed by atoms with Gasteiger partial charge in [0, 0.05) is 12.0 Å². The second-order valence-corrected chi connectivity index (χ2v) is 8.18. The van der Waals surface area contributed by atoms with Crippen LogP contribution >= 0.6 is 0 Å². The Morgan fingerprint density at radius 2 is 1.88 bits per heavy atom. The highest BCUT2D eigenvalue weighted by Gasteiger charge is 2.61. The average Bonchev–Trinajstić information content (AvgIpc) is 3.25. The summed E-state index contributed by atoms with van der Waals surface area (Å²) < 4.78 is 0. The maximum absolute atomic E-state index is 13.0. The Kier molecular flexibility index (Phi) is 3.00. The molecule has 0 unspecified atom stereocenters. The van der Waals surface area contributed by atoms with Crippen LogP contribution in [0.25, 0.3) is 0 Å². The number of carbonyl (C=O) groups excluding carboxylic acids is 3. The molecule has 1 aromatic rings. The Balaban J connectivity index is 1.76. The average molecular weight is 326 g/mol. The van der Waals surface area contributed by atoms with Crippen molar-refractivity contribution in [3.63, 3.8) is 0 Å². The number of fused-ring (bicyclic) bond motifs is 2. The van der Waals surface area contributed by atoms with E-state index in [1.54, 1.807) is 4.90 Å². The van der Waals surface area contributed by atoms with Gasteiger partial charge in [0.15, 0.2) is 0 Å². The second kappa shape index (κ2) is 4.68. The Morgan fingerprint density at radius 1 is 1.17 bits per heavy atom. The van der Waals surface area contributed by atoms with E-state index in [9.17, 15) is 14.4 Å². The highest BCUT2D eigenvalue weighted by Crippen LogP contribution is 2.58. The quantitative estimate of drug-likeness (QED) is 0.805. The van der Waals surface area contributed by atoms with Crippen LogP contribution in [0.15, 0.2) is 18.2 Å². The molecule has 4 rings (SSSR count). The zero-order valence-electron chi connectivity index (χ0n) is 14.3. The largest absolute Gasteiger partial charge is 0.317 e. The SMILES string of the molecule is CC(C)(C)c1ccc2c(c1)C1(CC1)N([C@@H]1CCC(=O)NC1=O)C2=O. The molecule has 2 aliphatic heterocycles. The molecule has 1 N–H and O–H groups in total. The number of piperidine rings is 1. The third kappa shape index (κ3) is 2.03. The zero-order chi connectivity index (χ0) is 17.3. The van der Waals surface area contributed by atoms with E-state index in [1.807, 2.05) is 12.1 Å². The standard InChI is InChI=1S/C19H22N2O3/c1-18(2,3)11-4-5-12-13(10-11)19(8-9-19)21(17(12)24)14-6-7-15(22)20-16(14)23/h4-5,10,14H,6-9H2,1-3H3,(H,20,22,23)/t14-/m1/s1. The van der Waals surface area contributed by atoms with Crippen LogP contribution in [0.2, 0.25) is 0 Å². The smallest absolute Gasteiger partial charge is 0.255 e. The van der Waals surface area contributed by atoms with E-state index in [0.717, 1.165) is 18.4 Å². The lowest BCUT2D eigenvalue weighted by Gasteiger charge is -2.34. The number of imide groups is 1. The van der Waals surface area contributed by atoms with Gasteiger partial charge in [-0.3, -0.25) is 19.7 Å². The molecule has 1 spiro atoms. The zero-order valence-corrected chi connectivity index (χ0v) is 14.3. The summed E-state index contributed by atoms with van der Waals surface area (Å²) in [6, 6.07) is 5.53. The monoisotopic (exact) mass is 326 g/mol. The molecule has 3 aliphatic rings. The van der Waals surface area contributed by atoms with E-state index >= 15 is 0 Å². The molecule has 24 heavy (non-hydrogen) atoms. The fraction of sp³-hybridized carbons (Fsp3) is 0.526. The molecule has 1 saturated carbocycles. The third-order valence-electron chi connectivity index (χ3n) is 5.54. The number of hydrogen-bond donors (Lipinski definition) is 1. The number of nitrogens with zero attached hydrogens (tertiary/aromatic N) is 1. The van der Waals surface area contributed by atoms with Crippen molar-refractivity contribution in [1.29, 1.82) is 0 Å². The summed E-state index contributed by atoms with van der Waals surface area (Å²) >= 11 is 0. The van der Waals surface area contributed by atoms with Crippen molar-refractivity contribution in [2.45, 2.75) is 63.5 Å². The number of rotatable bonds is 1. The van der Waals surface area contributed by atoms with Crippen LogP contribution in [-0.2, 0) is 20.5 Å². The molecular formula is C19H22N2O3. The lowest BCUT2D eigenvalue weighted by atomic mass is 9.84. The molecule has 126 valence electrons. The van der Waals surface area contributed by atoms with Crippen LogP contribution in [0.5, 0.6) is 0 Å². The van der Waals surface area contributed by atoms with E-state index in [0.29, 0.717) is 18.4 Å². The second-order valence-electron chi connectivity index (χ2n) is 8.18. The normalized spacial score (nSPS) is 25.0. The van der Waals surface area contributed by atoms with Gasteiger partial charge in [0.1, 0.15) is 6.04 Å². The first-order valence-corrected chi connectivity index (χ1v) is 8.56. The van der Waals surface area contributed by atoms with E-state index in [2.05, 4.69) is 32.2 Å². The third-order valence-corrected chi connectivity index (χ3v) is 5.54. The molecule has 0 bridgehead atoms. The van der Waals surface area contributed by atoms with Crippen molar-refractivity contribution < 1.29 is 14.4 Å². The number of amides is 3. The minimum atomic E-state index is -0.539. The summed E-state index contributed by atoms with van der Waals surface area (Å²) in [6.45, 7) is 6.47. The van der Waals surface area contributed by atoms with Gasteiger partial charge >= 0.3 is 0 Å². The summed E-state index contributed by atoms with van der Waals surface area (Å²) in [4.78, 5) is 38.5. The lowest BCUT2D eigenvalue weighted by Crippen LogP contribution is -2.55. The maximum Gasteiger partial charge on any atom is 0.255 e. The minimum absolute atomic E-state index is 0.0101. The summed E-state index contributed by atoms with van der Waals surface area (Å²) in [7, 11) is 0. The van der Waals surface area contributed by atoms with E-state index in [-0.39, 0.29) is 28.7 Å². The molecule has 2 heterocycles. The van der Waals surface area contributed by atoms with Crippen molar-refractivity contribution >= 4 is 17.7 Å². The van der Waals surface area contributed by atoms with Crippen molar-refractivity contribution in [2.24, 2.45) is 0 Å². The van der Waals surface area contributed by atoms with Gasteiger partial charge in [0.05, 0.1) is 5.54 Å². The summed E-state index contributed by atoms with van der Waals surface area (Å²) in [5.74, 6) is -0.660. The van der Waals surface area contributed by atoms with Gasteiger partial charge in [-0.25, -0.2) is 0 Å². The van der Waals surface area contributed by atoms with Crippen LogP contribution in [0.3, 0.4) is 0 Å². The minimum Gasteiger partial charge on any atom is -0.317 e. The Bertz CT molecular complexity index is 771. The van der Waals surface area contributed by atoms with Crippen LogP contribution in [0, 0.1) is 0 Å². The summed E-state index contributed by atoms with van der Waals surface area (Å²) in [5.41, 5.74) is 2.65. The molecule has 1 aromatic carbocycles. The predicted octanol–water partition coefficient (Wildman–Crippen LogP) is 2.23. The van der Waals surface area contributed by atoms with Crippen LogP contribution in [-0.4, -0.2) is 28.7 Å². The molecule has 1 saturated heterocycles. The first-order valence-electron chi connectivity index (χ1n) is 8.56. The van der Waals surface area contributed by atoms with Crippen molar-refractivity contribution in [2.75, 3.05) is 0 Å². The van der Waals surface area contributed by atoms with E-state index in [4.69, 9.17) is 0 Å². The molecule has 0 radical (unpaired) electrons. The summed E-state index contributed by atoms with van der Waals surface area (Å²) in [6.07, 6.45) is 2.48. The van der Waals surface area contributed by atoms with Gasteiger partial charge in [-0.15, -0.1) is 0 Å². The maximum atomic E-state index is 13.0. The predicted molar refractivity (Wildman–Crippen MR) is 88.4 cm³/mol. The molecule has 0 aromatic heterocycles. The molecule has 1 atom stereocenters. The number of hydrogen-bond acceptors (Lipinski definition) is 3. The molecule has 1 aliphatic carbocycles. The van der Waals surface area contributed by atoms with E-state index < -0.39 is 6.04 Å². The van der Waals surface area contributed by atoms with Gasteiger partial charge in [-0.05, 0) is 41.9 Å². The van der Waals surface area contributed by atoms with Crippen molar-refractivity contribution in [3.05, 3.63) is 34.9 Å². The number of nitrogens with one attached hydrogen (secondary N) is 1. The fourth-order valence-corrected chi connectivity index (χ4v) is 4.03. The number of benzene rings is 1. The topological polar surface area (TPSA) is 66.5 Å². The van der Waals surface area contributed by atoms with Crippen molar-refractivity contribution in [1.82, 2.24) is 10.2 Å². The molecule has 5 heteroatoms. The molecule has 2 fully saturated rings.